The van der Waals surface area contributed by atoms with Crippen molar-refractivity contribution in [2.75, 3.05) is 12.4 Å². The summed E-state index contributed by atoms with van der Waals surface area (Å²) in [6, 6.07) is 6.38. The van der Waals surface area contributed by atoms with Gasteiger partial charge in [-0.3, -0.25) is 9.59 Å². The summed E-state index contributed by atoms with van der Waals surface area (Å²) in [5, 5.41) is 2.67. The van der Waals surface area contributed by atoms with Crippen molar-refractivity contribution in [1.29, 1.82) is 0 Å². The Bertz CT molecular complexity index is 771. The number of benzene rings is 1. The zero-order chi connectivity index (χ0) is 19.8. The van der Waals surface area contributed by atoms with E-state index in [0.29, 0.717) is 12.8 Å². The molecule has 0 aliphatic rings. The van der Waals surface area contributed by atoms with Crippen LogP contribution in [-0.4, -0.2) is 38.2 Å². The van der Waals surface area contributed by atoms with E-state index in [1.54, 1.807) is 12.1 Å². The number of ether oxygens (including phenoxy) is 1. The van der Waals surface area contributed by atoms with E-state index >= 15 is 0 Å². The first-order valence-corrected chi connectivity index (χ1v) is 10.1. The lowest BCUT2D eigenvalue weighted by Gasteiger charge is -2.26. The van der Waals surface area contributed by atoms with Crippen LogP contribution in [0.3, 0.4) is 0 Å². The summed E-state index contributed by atoms with van der Waals surface area (Å²) in [5.41, 5.74) is 0.176. The van der Waals surface area contributed by atoms with Gasteiger partial charge in [0.25, 0.3) is 5.91 Å². The van der Waals surface area contributed by atoms with Crippen LogP contribution in [0.4, 0.5) is 0 Å². The molecule has 0 atom stereocenters. The fourth-order valence-electron chi connectivity index (χ4n) is 2.27. The molecule has 7 heteroatoms. The molecule has 1 N–H and O–H groups in total. The zero-order valence-corrected chi connectivity index (χ0v) is 16.2. The number of carbonyl (C=O) groups excluding carboxylic acids is 2. The summed E-state index contributed by atoms with van der Waals surface area (Å²) in [4.78, 5) is 23.8. The first-order valence-electron chi connectivity index (χ1n) is 8.42. The number of rotatable bonds is 9. The second kappa shape index (κ2) is 9.39. The van der Waals surface area contributed by atoms with Crippen molar-refractivity contribution in [3.8, 4) is 12.3 Å². The lowest BCUT2D eigenvalue weighted by atomic mass is 9.94. The van der Waals surface area contributed by atoms with Crippen LogP contribution in [-0.2, 0) is 24.2 Å². The highest BCUT2D eigenvalue weighted by Gasteiger charge is 2.26. The maximum Gasteiger partial charge on any atom is 0.307 e. The molecule has 0 bridgehead atoms. The van der Waals surface area contributed by atoms with E-state index in [-0.39, 0.29) is 17.1 Å². The third-order valence-electron chi connectivity index (χ3n) is 4.18. The Kier molecular flexibility index (Phi) is 7.84. The smallest absolute Gasteiger partial charge is 0.307 e. The van der Waals surface area contributed by atoms with Gasteiger partial charge in [-0.2, -0.15) is 0 Å². The number of hydrogen-bond acceptors (Lipinski definition) is 5. The molecular formula is C19H25NO5S. The number of nitrogens with one attached hydrogen (secondary N) is 1. The topological polar surface area (TPSA) is 89.5 Å². The van der Waals surface area contributed by atoms with Gasteiger partial charge in [-0.25, -0.2) is 8.42 Å². The predicted octanol–water partition coefficient (Wildman–Crippen LogP) is 2.01. The fourth-order valence-corrected chi connectivity index (χ4v) is 3.49. The molecule has 0 fully saturated rings. The number of terminal acetylenes is 1. The SMILES string of the molecule is C#CC(CC)(CC)NC(=O)COC(=O)CCS(=O)(=O)c1ccc(C)cc1. The Balaban J connectivity index is 2.51. The Morgan fingerprint density at radius 1 is 1.19 bits per heavy atom. The van der Waals surface area contributed by atoms with Crippen LogP contribution in [0.5, 0.6) is 0 Å². The summed E-state index contributed by atoms with van der Waals surface area (Å²) >= 11 is 0. The zero-order valence-electron chi connectivity index (χ0n) is 15.4. The molecule has 6 nitrogen and oxygen atoms in total. The van der Waals surface area contributed by atoms with E-state index in [1.165, 1.54) is 12.1 Å². The highest BCUT2D eigenvalue weighted by molar-refractivity contribution is 7.91. The van der Waals surface area contributed by atoms with Crippen molar-refractivity contribution in [3.63, 3.8) is 0 Å². The van der Waals surface area contributed by atoms with Crippen molar-refractivity contribution in [3.05, 3.63) is 29.8 Å². The standard InChI is InChI=1S/C19H25NO5S/c1-5-19(6-2,7-3)20-17(21)14-25-18(22)12-13-26(23,24)16-10-8-15(4)9-11-16/h1,8-11H,6-7,12-14H2,2-4H3,(H,20,21). The number of amides is 1. The molecule has 26 heavy (non-hydrogen) atoms. The number of sulfone groups is 1. The van der Waals surface area contributed by atoms with Crippen LogP contribution >= 0.6 is 0 Å². The second-order valence-electron chi connectivity index (χ2n) is 6.02. The van der Waals surface area contributed by atoms with Gasteiger partial charge in [0.1, 0.15) is 5.54 Å². The average Bonchev–Trinajstić information content (AvgIpc) is 2.63. The van der Waals surface area contributed by atoms with E-state index in [4.69, 9.17) is 11.2 Å². The van der Waals surface area contributed by atoms with Gasteiger partial charge in [0.05, 0.1) is 17.1 Å². The molecule has 0 aliphatic carbocycles. The van der Waals surface area contributed by atoms with Gasteiger partial charge < -0.3 is 10.1 Å². The molecule has 1 rings (SSSR count). The molecule has 0 radical (unpaired) electrons. The number of aryl methyl sites for hydroxylation is 1. The van der Waals surface area contributed by atoms with Gasteiger partial charge in [-0.05, 0) is 31.9 Å². The largest absolute Gasteiger partial charge is 0.456 e. The van der Waals surface area contributed by atoms with Crippen LogP contribution in [0.1, 0.15) is 38.7 Å². The van der Waals surface area contributed by atoms with Gasteiger partial charge in [0, 0.05) is 0 Å². The molecule has 0 aliphatic heterocycles. The van der Waals surface area contributed by atoms with Gasteiger partial charge in [0.15, 0.2) is 16.4 Å². The van der Waals surface area contributed by atoms with Crippen molar-refractivity contribution in [2.24, 2.45) is 0 Å². The molecule has 0 saturated carbocycles. The van der Waals surface area contributed by atoms with Crippen molar-refractivity contribution in [1.82, 2.24) is 5.32 Å². The minimum atomic E-state index is -3.58. The maximum atomic E-state index is 12.2. The van der Waals surface area contributed by atoms with Gasteiger partial charge in [0.2, 0.25) is 0 Å². The molecule has 1 amide bonds. The van der Waals surface area contributed by atoms with Crippen LogP contribution < -0.4 is 5.32 Å². The maximum absolute atomic E-state index is 12.2. The monoisotopic (exact) mass is 379 g/mol. The van der Waals surface area contributed by atoms with Crippen LogP contribution in [0.25, 0.3) is 0 Å². The van der Waals surface area contributed by atoms with Crippen LogP contribution in [0.15, 0.2) is 29.2 Å². The lowest BCUT2D eigenvalue weighted by Crippen LogP contribution is -2.48. The third kappa shape index (κ3) is 6.19. The quantitative estimate of drug-likeness (QED) is 0.524. The second-order valence-corrected chi connectivity index (χ2v) is 8.13. The highest BCUT2D eigenvalue weighted by atomic mass is 32.2. The Morgan fingerprint density at radius 3 is 2.27 bits per heavy atom. The van der Waals surface area contributed by atoms with Crippen LogP contribution in [0, 0.1) is 19.3 Å². The summed E-state index contributed by atoms with van der Waals surface area (Å²) < 4.78 is 29.2. The average molecular weight is 379 g/mol. The minimum absolute atomic E-state index is 0.151. The van der Waals surface area contributed by atoms with Gasteiger partial charge in [-0.15, -0.1) is 6.42 Å². The molecule has 0 saturated heterocycles. The molecule has 1 aromatic rings. The molecule has 0 unspecified atom stereocenters. The summed E-state index contributed by atoms with van der Waals surface area (Å²) in [7, 11) is -3.58. The van der Waals surface area contributed by atoms with Crippen molar-refractivity contribution in [2.45, 2.75) is 50.5 Å². The predicted molar refractivity (Wildman–Crippen MR) is 99.1 cm³/mol. The first-order chi connectivity index (χ1) is 12.2. The fraction of sp³-hybridized carbons (Fsp3) is 0.474. The van der Waals surface area contributed by atoms with E-state index in [9.17, 15) is 18.0 Å². The molecule has 142 valence electrons. The van der Waals surface area contributed by atoms with Gasteiger partial charge >= 0.3 is 5.97 Å². The molecule has 1 aromatic carbocycles. The number of hydrogen-bond donors (Lipinski definition) is 1. The van der Waals surface area contributed by atoms with Crippen molar-refractivity contribution >= 4 is 21.7 Å². The summed E-state index contributed by atoms with van der Waals surface area (Å²) in [6.45, 7) is 5.06. The Morgan fingerprint density at radius 2 is 1.77 bits per heavy atom. The van der Waals surface area contributed by atoms with E-state index in [1.807, 2.05) is 20.8 Å². The first kappa shape index (κ1) is 21.7. The van der Waals surface area contributed by atoms with Gasteiger partial charge in [-0.1, -0.05) is 37.5 Å². The molecular weight excluding hydrogens is 354 g/mol. The third-order valence-corrected chi connectivity index (χ3v) is 5.91. The van der Waals surface area contributed by atoms with E-state index < -0.39 is 33.9 Å². The number of carbonyl (C=O) groups is 2. The minimum Gasteiger partial charge on any atom is -0.456 e. The summed E-state index contributed by atoms with van der Waals surface area (Å²) in [5.74, 6) is 0.902. The number of esters is 1. The van der Waals surface area contributed by atoms with Crippen LogP contribution in [0.2, 0.25) is 0 Å². The molecule has 0 spiro atoms. The van der Waals surface area contributed by atoms with E-state index in [2.05, 4.69) is 11.2 Å². The normalized spacial score (nSPS) is 11.5. The Labute approximate surface area is 155 Å². The Hall–Kier alpha value is -2.33. The molecule has 0 aromatic heterocycles. The summed E-state index contributed by atoms with van der Waals surface area (Å²) in [6.07, 6.45) is 6.23. The van der Waals surface area contributed by atoms with E-state index in [0.717, 1.165) is 5.56 Å². The highest BCUT2D eigenvalue weighted by Crippen LogP contribution is 2.14. The lowest BCUT2D eigenvalue weighted by molar-refractivity contribution is -0.148. The van der Waals surface area contributed by atoms with Crippen molar-refractivity contribution < 1.29 is 22.7 Å². The molecule has 0 heterocycles.